The highest BCUT2D eigenvalue weighted by molar-refractivity contribution is 5.73. The van der Waals surface area contributed by atoms with Crippen LogP contribution in [0.3, 0.4) is 0 Å². The van der Waals surface area contributed by atoms with Gasteiger partial charge in [-0.3, -0.25) is 0 Å². The molecular weight excluding hydrogens is 292 g/mol. The first-order chi connectivity index (χ1) is 11.3. The van der Waals surface area contributed by atoms with Gasteiger partial charge in [0.1, 0.15) is 0 Å². The van der Waals surface area contributed by atoms with Crippen molar-refractivity contribution in [1.29, 1.82) is 0 Å². The Balaban J connectivity index is 1.50. The van der Waals surface area contributed by atoms with Crippen molar-refractivity contribution in [3.8, 4) is 0 Å². The van der Waals surface area contributed by atoms with Crippen LogP contribution in [0.5, 0.6) is 0 Å². The second kappa shape index (κ2) is 7.78. The number of carbonyl (C=O) groups excluding carboxylic acids is 1. The molecule has 1 unspecified atom stereocenters. The third-order valence-electron chi connectivity index (χ3n) is 3.98. The van der Waals surface area contributed by atoms with Crippen LogP contribution in [-0.4, -0.2) is 34.8 Å². The molecule has 6 heteroatoms. The number of nitrogens with one attached hydrogen (secondary N) is 2. The molecule has 0 aliphatic carbocycles. The van der Waals surface area contributed by atoms with Crippen molar-refractivity contribution in [2.24, 2.45) is 0 Å². The molecule has 2 N–H and O–H groups in total. The second-order valence-electron chi connectivity index (χ2n) is 5.70. The van der Waals surface area contributed by atoms with E-state index in [1.807, 2.05) is 29.0 Å². The largest absolute Gasteiger partial charge is 0.376 e. The molecule has 1 fully saturated rings. The van der Waals surface area contributed by atoms with Crippen molar-refractivity contribution < 1.29 is 9.53 Å². The Labute approximate surface area is 135 Å². The van der Waals surface area contributed by atoms with Crippen molar-refractivity contribution in [3.63, 3.8) is 0 Å². The zero-order chi connectivity index (χ0) is 15.9. The molecule has 2 aromatic rings. The molecular formula is C17H22N4O2. The molecule has 1 aromatic heterocycles. The number of hydrogen-bond donors (Lipinski definition) is 2. The topological polar surface area (TPSA) is 68.2 Å². The quantitative estimate of drug-likeness (QED) is 0.856. The van der Waals surface area contributed by atoms with E-state index in [0.29, 0.717) is 13.1 Å². The van der Waals surface area contributed by atoms with Crippen LogP contribution < -0.4 is 10.6 Å². The molecule has 0 spiro atoms. The van der Waals surface area contributed by atoms with Crippen LogP contribution in [0.25, 0.3) is 0 Å². The van der Waals surface area contributed by atoms with Gasteiger partial charge in [-0.15, -0.1) is 0 Å². The van der Waals surface area contributed by atoms with Gasteiger partial charge in [0.2, 0.25) is 0 Å². The molecule has 2 amide bonds. The lowest BCUT2D eigenvalue weighted by molar-refractivity contribution is 0.111. The molecule has 1 saturated heterocycles. The lowest BCUT2D eigenvalue weighted by Gasteiger charge is -2.13. The summed E-state index contributed by atoms with van der Waals surface area (Å²) in [5.41, 5.74) is 2.28. The minimum atomic E-state index is -0.155. The maximum absolute atomic E-state index is 11.9. The third-order valence-corrected chi connectivity index (χ3v) is 3.98. The number of urea groups is 1. The molecule has 122 valence electrons. The number of carbonyl (C=O) groups is 1. The summed E-state index contributed by atoms with van der Waals surface area (Å²) in [6.45, 7) is 2.62. The van der Waals surface area contributed by atoms with Crippen molar-refractivity contribution in [3.05, 3.63) is 54.1 Å². The maximum Gasteiger partial charge on any atom is 0.315 e. The van der Waals surface area contributed by atoms with E-state index in [-0.39, 0.29) is 12.1 Å². The van der Waals surface area contributed by atoms with E-state index in [1.54, 1.807) is 12.5 Å². The fourth-order valence-electron chi connectivity index (χ4n) is 2.71. The highest BCUT2D eigenvalue weighted by Crippen LogP contribution is 2.11. The number of nitrogens with zero attached hydrogens (tertiary/aromatic N) is 2. The van der Waals surface area contributed by atoms with Crippen LogP contribution in [0.2, 0.25) is 0 Å². The number of rotatable bonds is 6. The van der Waals surface area contributed by atoms with Crippen LogP contribution in [0.15, 0.2) is 43.0 Å². The van der Waals surface area contributed by atoms with Crippen LogP contribution in [-0.2, 0) is 17.8 Å². The van der Waals surface area contributed by atoms with Gasteiger partial charge < -0.3 is 19.9 Å². The average molecular weight is 314 g/mol. The minimum absolute atomic E-state index is 0.155. The lowest BCUT2D eigenvalue weighted by atomic mass is 10.1. The monoisotopic (exact) mass is 314 g/mol. The summed E-state index contributed by atoms with van der Waals surface area (Å²) >= 11 is 0. The predicted octanol–water partition coefficient (Wildman–Crippen LogP) is 1.91. The van der Waals surface area contributed by atoms with E-state index in [0.717, 1.165) is 31.6 Å². The zero-order valence-corrected chi connectivity index (χ0v) is 13.1. The van der Waals surface area contributed by atoms with E-state index in [4.69, 9.17) is 4.74 Å². The van der Waals surface area contributed by atoms with Crippen LogP contribution in [0, 0.1) is 0 Å². The van der Waals surface area contributed by atoms with Crippen molar-refractivity contribution in [1.82, 2.24) is 20.2 Å². The van der Waals surface area contributed by atoms with Crippen LogP contribution >= 0.6 is 0 Å². The molecule has 6 nitrogen and oxygen atoms in total. The minimum Gasteiger partial charge on any atom is -0.376 e. The normalized spacial score (nSPS) is 17.1. The Bertz CT molecular complexity index is 621. The van der Waals surface area contributed by atoms with E-state index < -0.39 is 0 Å². The number of imidazole rings is 1. The summed E-state index contributed by atoms with van der Waals surface area (Å²) in [6.07, 6.45) is 7.74. The Hall–Kier alpha value is -2.34. The highest BCUT2D eigenvalue weighted by atomic mass is 16.5. The summed E-state index contributed by atoms with van der Waals surface area (Å²) in [4.78, 5) is 16.0. The van der Waals surface area contributed by atoms with Crippen molar-refractivity contribution in [2.45, 2.75) is 32.0 Å². The summed E-state index contributed by atoms with van der Waals surface area (Å²) in [7, 11) is 0. The second-order valence-corrected chi connectivity index (χ2v) is 5.70. The molecule has 23 heavy (non-hydrogen) atoms. The van der Waals surface area contributed by atoms with E-state index in [2.05, 4.69) is 21.7 Å². The van der Waals surface area contributed by atoms with Gasteiger partial charge in [0.25, 0.3) is 0 Å². The molecule has 3 rings (SSSR count). The van der Waals surface area contributed by atoms with Gasteiger partial charge in [-0.25, -0.2) is 9.78 Å². The fraction of sp³-hybridized carbons (Fsp3) is 0.412. The van der Waals surface area contributed by atoms with Gasteiger partial charge in [-0.05, 0) is 24.0 Å². The first-order valence-electron chi connectivity index (χ1n) is 7.97. The van der Waals surface area contributed by atoms with Gasteiger partial charge in [0.05, 0.1) is 12.4 Å². The lowest BCUT2D eigenvalue weighted by Crippen LogP contribution is -2.39. The van der Waals surface area contributed by atoms with Gasteiger partial charge in [0, 0.05) is 38.6 Å². The standard InChI is InChI=1S/C17H22N4O2/c22-17(20-11-16-6-3-9-23-16)19-10-14-4-1-2-5-15(14)12-21-8-7-18-13-21/h1-2,4-5,7-8,13,16H,3,6,9-12H2,(H2,19,20,22). The Morgan fingerprint density at radius 3 is 2.91 bits per heavy atom. The number of ether oxygens (including phenoxy) is 1. The Kier molecular flexibility index (Phi) is 5.26. The molecule has 0 radical (unpaired) electrons. The molecule has 1 aliphatic heterocycles. The number of amides is 2. The smallest absolute Gasteiger partial charge is 0.315 e. The van der Waals surface area contributed by atoms with Gasteiger partial charge in [-0.2, -0.15) is 0 Å². The molecule has 0 saturated carbocycles. The average Bonchev–Trinajstić information content (AvgIpc) is 3.25. The van der Waals surface area contributed by atoms with Gasteiger partial charge in [0.15, 0.2) is 0 Å². The van der Waals surface area contributed by atoms with E-state index >= 15 is 0 Å². The zero-order valence-electron chi connectivity index (χ0n) is 13.1. The highest BCUT2D eigenvalue weighted by Gasteiger charge is 2.16. The number of benzene rings is 1. The van der Waals surface area contributed by atoms with Gasteiger partial charge >= 0.3 is 6.03 Å². The Morgan fingerprint density at radius 1 is 1.30 bits per heavy atom. The molecule has 1 atom stereocenters. The third kappa shape index (κ3) is 4.56. The van der Waals surface area contributed by atoms with Crippen molar-refractivity contribution in [2.75, 3.05) is 13.2 Å². The van der Waals surface area contributed by atoms with Crippen LogP contribution in [0.4, 0.5) is 4.79 Å². The fourth-order valence-corrected chi connectivity index (χ4v) is 2.71. The van der Waals surface area contributed by atoms with Crippen molar-refractivity contribution >= 4 is 6.03 Å². The van der Waals surface area contributed by atoms with E-state index in [9.17, 15) is 4.79 Å². The molecule has 0 bridgehead atoms. The number of hydrogen-bond acceptors (Lipinski definition) is 3. The molecule has 1 aromatic carbocycles. The first kappa shape index (κ1) is 15.6. The SMILES string of the molecule is O=C(NCc1ccccc1Cn1ccnc1)NCC1CCCO1. The maximum atomic E-state index is 11.9. The summed E-state index contributed by atoms with van der Waals surface area (Å²) in [5.74, 6) is 0. The summed E-state index contributed by atoms with van der Waals surface area (Å²) in [5, 5.41) is 5.78. The molecule has 1 aliphatic rings. The van der Waals surface area contributed by atoms with Crippen LogP contribution in [0.1, 0.15) is 24.0 Å². The molecule has 2 heterocycles. The van der Waals surface area contributed by atoms with Gasteiger partial charge in [-0.1, -0.05) is 24.3 Å². The Morgan fingerprint density at radius 2 is 2.17 bits per heavy atom. The van der Waals surface area contributed by atoms with E-state index in [1.165, 1.54) is 5.56 Å². The summed E-state index contributed by atoms with van der Waals surface area (Å²) < 4.78 is 7.50. The predicted molar refractivity (Wildman–Crippen MR) is 87.0 cm³/mol. The number of aromatic nitrogens is 2. The summed E-state index contributed by atoms with van der Waals surface area (Å²) in [6, 6.07) is 7.94. The first-order valence-corrected chi connectivity index (χ1v) is 7.97.